The Kier molecular flexibility index (Phi) is 11.1. The number of nitrogens with zero attached hydrogens (tertiary/aromatic N) is 2. The van der Waals surface area contributed by atoms with Crippen molar-refractivity contribution in [3.8, 4) is 5.75 Å². The molecule has 0 spiro atoms. The molecule has 0 fully saturated rings. The lowest BCUT2D eigenvalue weighted by atomic mass is 10.2. The van der Waals surface area contributed by atoms with Gasteiger partial charge in [-0.3, -0.25) is 10.1 Å². The summed E-state index contributed by atoms with van der Waals surface area (Å²) >= 11 is 0. The van der Waals surface area contributed by atoms with Gasteiger partial charge in [-0.25, -0.2) is 4.99 Å². The van der Waals surface area contributed by atoms with Crippen molar-refractivity contribution in [2.45, 2.75) is 39.2 Å². The van der Waals surface area contributed by atoms with Gasteiger partial charge in [-0.1, -0.05) is 26.2 Å². The molecule has 0 atom stereocenters. The molecule has 1 aromatic carbocycles. The zero-order valence-electron chi connectivity index (χ0n) is 13.6. The molecule has 3 N–H and O–H groups in total. The number of guanidine groups is 1. The summed E-state index contributed by atoms with van der Waals surface area (Å²) in [5.41, 5.74) is 6.43. The molecule has 130 valence electrons. The topological polar surface area (TPSA) is 103 Å². The Morgan fingerprint density at radius 2 is 2.13 bits per heavy atom. The van der Waals surface area contributed by atoms with E-state index in [4.69, 9.17) is 10.5 Å². The van der Waals surface area contributed by atoms with Crippen LogP contribution in [-0.4, -0.2) is 24.5 Å². The summed E-state index contributed by atoms with van der Waals surface area (Å²) in [7, 11) is 1.52. The number of aliphatic imine (C=N–C) groups is 1. The van der Waals surface area contributed by atoms with Gasteiger partial charge < -0.3 is 15.8 Å². The van der Waals surface area contributed by atoms with Crippen molar-refractivity contribution in [3.63, 3.8) is 0 Å². The Morgan fingerprint density at radius 3 is 2.74 bits per heavy atom. The molecule has 0 unspecified atom stereocenters. The first kappa shape index (κ1) is 21.4. The first-order valence-electron chi connectivity index (χ1n) is 7.43. The molecular weight excluding hydrogens is 411 g/mol. The van der Waals surface area contributed by atoms with E-state index in [9.17, 15) is 10.1 Å². The third-order valence-corrected chi connectivity index (χ3v) is 3.23. The number of nitro benzene ring substituents is 1. The number of nitrogens with two attached hydrogens (primary N) is 1. The maximum atomic E-state index is 10.8. The van der Waals surface area contributed by atoms with Gasteiger partial charge in [0.25, 0.3) is 5.69 Å². The normalized spacial score (nSPS) is 10.8. The maximum absolute atomic E-state index is 10.8. The predicted molar refractivity (Wildman–Crippen MR) is 103 cm³/mol. The summed E-state index contributed by atoms with van der Waals surface area (Å²) < 4.78 is 5.18. The van der Waals surface area contributed by atoms with Crippen LogP contribution < -0.4 is 15.8 Å². The van der Waals surface area contributed by atoms with Crippen molar-refractivity contribution < 1.29 is 9.66 Å². The van der Waals surface area contributed by atoms with E-state index in [0.717, 1.165) is 19.4 Å². The van der Waals surface area contributed by atoms with Gasteiger partial charge in [-0.2, -0.15) is 0 Å². The van der Waals surface area contributed by atoms with Gasteiger partial charge >= 0.3 is 0 Å². The molecule has 1 rings (SSSR count). The van der Waals surface area contributed by atoms with Crippen molar-refractivity contribution in [1.82, 2.24) is 5.32 Å². The summed E-state index contributed by atoms with van der Waals surface area (Å²) in [6.07, 6.45) is 4.61. The van der Waals surface area contributed by atoms with Crippen molar-refractivity contribution in [1.29, 1.82) is 0 Å². The summed E-state index contributed by atoms with van der Waals surface area (Å²) in [5, 5.41) is 13.9. The Morgan fingerprint density at radius 1 is 1.39 bits per heavy atom. The average Bonchev–Trinajstić information content (AvgIpc) is 2.52. The molecular formula is C15H25IN4O3. The lowest BCUT2D eigenvalue weighted by molar-refractivity contribution is -0.384. The van der Waals surface area contributed by atoms with Crippen LogP contribution in [0.5, 0.6) is 5.75 Å². The molecule has 7 nitrogen and oxygen atoms in total. The molecule has 0 aliphatic rings. The second kappa shape index (κ2) is 11.9. The van der Waals surface area contributed by atoms with Gasteiger partial charge in [0, 0.05) is 24.2 Å². The SMILES string of the molecule is CCCCCCNC(N)=NCc1cc([N+](=O)[O-])ccc1OC.I. The van der Waals surface area contributed by atoms with Gasteiger partial charge in [-0.15, -0.1) is 24.0 Å². The highest BCUT2D eigenvalue weighted by Crippen LogP contribution is 2.24. The van der Waals surface area contributed by atoms with Crippen LogP contribution in [0.3, 0.4) is 0 Å². The Labute approximate surface area is 153 Å². The van der Waals surface area contributed by atoms with E-state index in [1.165, 1.54) is 32.1 Å². The molecule has 0 saturated heterocycles. The number of nitrogens with one attached hydrogen (secondary N) is 1. The smallest absolute Gasteiger partial charge is 0.270 e. The van der Waals surface area contributed by atoms with E-state index in [-0.39, 0.29) is 36.2 Å². The van der Waals surface area contributed by atoms with Crippen LogP contribution in [0.4, 0.5) is 5.69 Å². The standard InChI is InChI=1S/C15H24N4O3.HI/c1-3-4-5-6-9-17-15(16)18-11-12-10-13(19(20)21)7-8-14(12)22-2;/h7-8,10H,3-6,9,11H2,1-2H3,(H3,16,17,18);1H. The fourth-order valence-corrected chi connectivity index (χ4v) is 2.00. The number of benzene rings is 1. The third kappa shape index (κ3) is 8.00. The first-order valence-corrected chi connectivity index (χ1v) is 7.43. The van der Waals surface area contributed by atoms with Crippen LogP contribution in [0.25, 0.3) is 0 Å². The minimum absolute atomic E-state index is 0. The fourth-order valence-electron chi connectivity index (χ4n) is 2.00. The van der Waals surface area contributed by atoms with E-state index in [2.05, 4.69) is 17.2 Å². The molecule has 0 aromatic heterocycles. The Bertz CT molecular complexity index is 523. The number of ether oxygens (including phenoxy) is 1. The van der Waals surface area contributed by atoms with Crippen LogP contribution in [0, 0.1) is 10.1 Å². The molecule has 0 radical (unpaired) electrons. The van der Waals surface area contributed by atoms with Crippen molar-refractivity contribution in [2.75, 3.05) is 13.7 Å². The second-order valence-corrected chi connectivity index (χ2v) is 4.94. The summed E-state index contributed by atoms with van der Waals surface area (Å²) in [5.74, 6) is 0.898. The van der Waals surface area contributed by atoms with Gasteiger partial charge in [0.15, 0.2) is 5.96 Å². The van der Waals surface area contributed by atoms with Crippen LogP contribution >= 0.6 is 24.0 Å². The summed E-state index contributed by atoms with van der Waals surface area (Å²) in [6, 6.07) is 4.43. The average molecular weight is 436 g/mol. The minimum atomic E-state index is -0.442. The van der Waals surface area contributed by atoms with Crippen LogP contribution in [0.15, 0.2) is 23.2 Å². The van der Waals surface area contributed by atoms with E-state index in [1.54, 1.807) is 6.07 Å². The lowest BCUT2D eigenvalue weighted by Crippen LogP contribution is -2.32. The van der Waals surface area contributed by atoms with Gasteiger partial charge in [0.1, 0.15) is 5.75 Å². The number of methoxy groups -OCH3 is 1. The second-order valence-electron chi connectivity index (χ2n) is 4.94. The monoisotopic (exact) mass is 436 g/mol. The van der Waals surface area contributed by atoms with Gasteiger partial charge in [0.05, 0.1) is 18.6 Å². The molecule has 8 heteroatoms. The van der Waals surface area contributed by atoms with Gasteiger partial charge in [-0.05, 0) is 12.5 Å². The molecule has 0 saturated carbocycles. The highest BCUT2D eigenvalue weighted by atomic mass is 127. The zero-order chi connectivity index (χ0) is 16.4. The summed E-state index contributed by atoms with van der Waals surface area (Å²) in [4.78, 5) is 14.6. The highest BCUT2D eigenvalue weighted by Gasteiger charge is 2.10. The van der Waals surface area contributed by atoms with Crippen molar-refractivity contribution >= 4 is 35.6 Å². The van der Waals surface area contributed by atoms with Crippen LogP contribution in [-0.2, 0) is 6.54 Å². The van der Waals surface area contributed by atoms with E-state index < -0.39 is 4.92 Å². The zero-order valence-corrected chi connectivity index (χ0v) is 15.9. The van der Waals surface area contributed by atoms with E-state index in [1.807, 2.05) is 0 Å². The molecule has 1 aromatic rings. The molecule has 0 aliphatic carbocycles. The minimum Gasteiger partial charge on any atom is -0.496 e. The molecule has 0 heterocycles. The van der Waals surface area contributed by atoms with Crippen molar-refractivity contribution in [3.05, 3.63) is 33.9 Å². The highest BCUT2D eigenvalue weighted by molar-refractivity contribution is 14.0. The largest absolute Gasteiger partial charge is 0.496 e. The number of unbranched alkanes of at least 4 members (excludes halogenated alkanes) is 3. The number of nitro groups is 1. The number of halogens is 1. The maximum Gasteiger partial charge on any atom is 0.270 e. The Balaban J connectivity index is 0.00000484. The van der Waals surface area contributed by atoms with E-state index in [0.29, 0.717) is 17.3 Å². The summed E-state index contributed by atoms with van der Waals surface area (Å²) in [6.45, 7) is 3.18. The molecule has 0 bridgehead atoms. The number of non-ortho nitro benzene ring substituents is 1. The number of hydrogen-bond acceptors (Lipinski definition) is 4. The first-order chi connectivity index (χ1) is 10.6. The quantitative estimate of drug-likeness (QED) is 0.155. The molecule has 23 heavy (non-hydrogen) atoms. The lowest BCUT2D eigenvalue weighted by Gasteiger charge is -2.08. The Hall–Kier alpha value is -1.58. The molecule has 0 amide bonds. The predicted octanol–water partition coefficient (Wildman–Crippen LogP) is 3.21. The fraction of sp³-hybridized carbons (Fsp3) is 0.533. The van der Waals surface area contributed by atoms with Crippen LogP contribution in [0.2, 0.25) is 0 Å². The number of hydrogen-bond donors (Lipinski definition) is 2. The van der Waals surface area contributed by atoms with Gasteiger partial charge in [0.2, 0.25) is 0 Å². The van der Waals surface area contributed by atoms with Crippen molar-refractivity contribution in [2.24, 2.45) is 10.7 Å². The molecule has 0 aliphatic heterocycles. The van der Waals surface area contributed by atoms with E-state index >= 15 is 0 Å². The number of rotatable bonds is 9. The van der Waals surface area contributed by atoms with Crippen LogP contribution in [0.1, 0.15) is 38.2 Å². The third-order valence-electron chi connectivity index (χ3n) is 3.23.